The van der Waals surface area contributed by atoms with Crippen molar-refractivity contribution >= 4 is 39.3 Å². The van der Waals surface area contributed by atoms with Crippen LogP contribution in [0.15, 0.2) is 48.2 Å². The van der Waals surface area contributed by atoms with Crippen LogP contribution in [0.2, 0.25) is 0 Å². The van der Waals surface area contributed by atoms with Crippen LogP contribution in [0.5, 0.6) is 17.4 Å². The van der Waals surface area contributed by atoms with E-state index in [0.29, 0.717) is 40.8 Å². The fourth-order valence-electron chi connectivity index (χ4n) is 4.46. The molecule has 0 unspecified atom stereocenters. The molecule has 0 aliphatic carbocycles. The number of aromatic nitrogens is 2. The van der Waals surface area contributed by atoms with Gasteiger partial charge < -0.3 is 24.6 Å². The number of methoxy groups -OCH3 is 1. The summed E-state index contributed by atoms with van der Waals surface area (Å²) in [4.78, 5) is 26.4. The number of nitrogens with zero attached hydrogens (tertiary/aromatic N) is 4. The molecule has 0 bridgehead atoms. The molecule has 46 heavy (non-hydrogen) atoms. The molecule has 0 spiro atoms. The lowest BCUT2D eigenvalue weighted by molar-refractivity contribution is -0.137. The third-order valence-electron chi connectivity index (χ3n) is 6.84. The number of piperazine rings is 1. The van der Waals surface area contributed by atoms with E-state index in [1.165, 1.54) is 6.92 Å². The van der Waals surface area contributed by atoms with E-state index in [0.717, 1.165) is 39.5 Å². The summed E-state index contributed by atoms with van der Waals surface area (Å²) in [6, 6.07) is 8.17. The van der Waals surface area contributed by atoms with Gasteiger partial charge in [0.1, 0.15) is 5.75 Å². The molecule has 1 aromatic heterocycles. The van der Waals surface area contributed by atoms with Gasteiger partial charge in [0, 0.05) is 44.0 Å². The standard InChI is InChI=1S/C29H33F3N6O5S.C2H6/c1-18(27(39)34-22-16-21(29(30,31)32)17-23(26(22)42-4)36-44(5,40)41)15-20-7-6-8-24(19(20)2)43-25-9-10-33-28(35-25)38-13-11-37(3)12-14-38;1-2/h6-10,15-17,36H,11-14H2,1-5H3,(H,34,39);1-2H3/b18-15+;. The van der Waals surface area contributed by atoms with E-state index >= 15 is 0 Å². The Bertz CT molecular complexity index is 1670. The van der Waals surface area contributed by atoms with Gasteiger partial charge in [-0.2, -0.15) is 18.2 Å². The van der Waals surface area contributed by atoms with Crippen molar-refractivity contribution in [2.75, 3.05) is 61.5 Å². The molecule has 1 aliphatic heterocycles. The molecule has 2 heterocycles. The smallest absolute Gasteiger partial charge is 0.416 e. The Morgan fingerprint density at radius 2 is 1.72 bits per heavy atom. The molecule has 0 saturated carbocycles. The van der Waals surface area contributed by atoms with Gasteiger partial charge in [0.05, 0.1) is 30.3 Å². The number of halogens is 3. The molecule has 1 aliphatic rings. The normalized spacial score (nSPS) is 14.2. The molecule has 11 nitrogen and oxygen atoms in total. The highest BCUT2D eigenvalue weighted by atomic mass is 32.2. The summed E-state index contributed by atoms with van der Waals surface area (Å²) in [5, 5.41) is 2.41. The van der Waals surface area contributed by atoms with Crippen molar-refractivity contribution < 1.29 is 35.9 Å². The van der Waals surface area contributed by atoms with Crippen molar-refractivity contribution in [3.05, 3.63) is 64.9 Å². The molecule has 2 aromatic carbocycles. The highest BCUT2D eigenvalue weighted by molar-refractivity contribution is 7.92. The predicted octanol–water partition coefficient (Wildman–Crippen LogP) is 5.80. The molecular formula is C31H39F3N6O5S. The summed E-state index contributed by atoms with van der Waals surface area (Å²) in [5.41, 5.74) is -0.540. The Labute approximate surface area is 267 Å². The molecule has 4 rings (SSSR count). The zero-order chi connectivity index (χ0) is 34.2. The number of carbonyl (C=O) groups is 1. The second-order valence-corrected chi connectivity index (χ2v) is 12.1. The topological polar surface area (TPSA) is 126 Å². The minimum Gasteiger partial charge on any atom is -0.492 e. The number of nitrogens with one attached hydrogen (secondary N) is 2. The quantitative estimate of drug-likeness (QED) is 0.273. The number of amides is 1. The van der Waals surface area contributed by atoms with Crippen LogP contribution in [0.3, 0.4) is 0 Å². The summed E-state index contributed by atoms with van der Waals surface area (Å²) >= 11 is 0. The average molecular weight is 665 g/mol. The molecule has 1 fully saturated rings. The molecule has 250 valence electrons. The van der Waals surface area contributed by atoms with E-state index in [4.69, 9.17) is 9.47 Å². The first-order valence-corrected chi connectivity index (χ1v) is 16.3. The first kappa shape index (κ1) is 36.1. The van der Waals surface area contributed by atoms with E-state index in [9.17, 15) is 26.4 Å². The van der Waals surface area contributed by atoms with Crippen molar-refractivity contribution in [2.24, 2.45) is 0 Å². The largest absolute Gasteiger partial charge is 0.492 e. The van der Waals surface area contributed by atoms with Crippen LogP contribution in [0.1, 0.15) is 37.5 Å². The minimum absolute atomic E-state index is 0.154. The molecule has 0 atom stereocenters. The van der Waals surface area contributed by atoms with E-state index in [1.807, 2.05) is 18.6 Å². The van der Waals surface area contributed by atoms with Gasteiger partial charge in [-0.05, 0) is 56.3 Å². The number of carbonyl (C=O) groups excluding carboxylic acids is 1. The lowest BCUT2D eigenvalue weighted by Crippen LogP contribution is -2.45. The van der Waals surface area contributed by atoms with E-state index in [2.05, 4.69) is 32.1 Å². The minimum atomic E-state index is -4.82. The summed E-state index contributed by atoms with van der Waals surface area (Å²) < 4.78 is 77.6. The zero-order valence-corrected chi connectivity index (χ0v) is 27.6. The molecule has 15 heteroatoms. The number of likely N-dealkylation sites (N-methyl/N-ethyl adjacent to an activating group) is 1. The van der Waals surface area contributed by atoms with Crippen molar-refractivity contribution in [1.29, 1.82) is 0 Å². The zero-order valence-electron chi connectivity index (χ0n) is 26.8. The Balaban J connectivity index is 0.00000282. The van der Waals surface area contributed by atoms with Crippen LogP contribution in [0.4, 0.5) is 30.5 Å². The van der Waals surface area contributed by atoms with Crippen molar-refractivity contribution in [2.45, 2.75) is 33.9 Å². The van der Waals surface area contributed by atoms with E-state index in [-0.39, 0.29) is 17.0 Å². The maximum Gasteiger partial charge on any atom is 0.416 e. The van der Waals surface area contributed by atoms with Gasteiger partial charge in [0.2, 0.25) is 21.9 Å². The van der Waals surface area contributed by atoms with Crippen LogP contribution in [-0.2, 0) is 21.0 Å². The van der Waals surface area contributed by atoms with Gasteiger partial charge in [-0.1, -0.05) is 26.0 Å². The number of ether oxygens (including phenoxy) is 2. The molecule has 0 radical (unpaired) electrons. The van der Waals surface area contributed by atoms with Crippen LogP contribution in [0, 0.1) is 6.92 Å². The molecule has 2 N–H and O–H groups in total. The van der Waals surface area contributed by atoms with Crippen LogP contribution >= 0.6 is 0 Å². The van der Waals surface area contributed by atoms with Crippen LogP contribution in [0.25, 0.3) is 6.08 Å². The average Bonchev–Trinajstić information content (AvgIpc) is 2.99. The maximum absolute atomic E-state index is 13.6. The predicted molar refractivity (Wildman–Crippen MR) is 173 cm³/mol. The van der Waals surface area contributed by atoms with Gasteiger partial charge in [-0.25, -0.2) is 13.4 Å². The third-order valence-corrected chi connectivity index (χ3v) is 7.43. The monoisotopic (exact) mass is 664 g/mol. The lowest BCUT2D eigenvalue weighted by Gasteiger charge is -2.32. The summed E-state index contributed by atoms with van der Waals surface area (Å²) in [7, 11) is -0.753. The van der Waals surface area contributed by atoms with E-state index in [1.54, 1.807) is 43.5 Å². The molecule has 3 aromatic rings. The fourth-order valence-corrected chi connectivity index (χ4v) is 5.01. The number of sulfonamides is 1. The van der Waals surface area contributed by atoms with Crippen molar-refractivity contribution in [3.8, 4) is 17.4 Å². The van der Waals surface area contributed by atoms with Crippen LogP contribution < -0.4 is 24.4 Å². The Morgan fingerprint density at radius 1 is 1.07 bits per heavy atom. The van der Waals surface area contributed by atoms with Crippen molar-refractivity contribution in [3.63, 3.8) is 0 Å². The first-order valence-electron chi connectivity index (χ1n) is 14.5. The second kappa shape index (κ2) is 15.3. The lowest BCUT2D eigenvalue weighted by atomic mass is 10.0. The van der Waals surface area contributed by atoms with Gasteiger partial charge in [-0.3, -0.25) is 9.52 Å². The first-order chi connectivity index (χ1) is 21.6. The molecule has 1 amide bonds. The Kier molecular flexibility index (Phi) is 12.0. The van der Waals surface area contributed by atoms with Gasteiger partial charge in [0.15, 0.2) is 5.75 Å². The third kappa shape index (κ3) is 9.57. The summed E-state index contributed by atoms with van der Waals surface area (Å²) in [5.74, 6) is 0.397. The Morgan fingerprint density at radius 3 is 2.33 bits per heavy atom. The number of rotatable bonds is 9. The van der Waals surface area contributed by atoms with Gasteiger partial charge >= 0.3 is 6.18 Å². The second-order valence-electron chi connectivity index (χ2n) is 10.3. The summed E-state index contributed by atoms with van der Waals surface area (Å²) in [6.07, 6.45) is -0.850. The maximum atomic E-state index is 13.6. The SMILES string of the molecule is CC.COc1c(NC(=O)/C(C)=C/c2cccc(Oc3ccnc(N4CCN(C)CC4)n3)c2C)cc(C(F)(F)F)cc1NS(C)(=O)=O. The Hall–Kier alpha value is -4.37. The van der Waals surface area contributed by atoms with Crippen LogP contribution in [-0.4, -0.2) is 75.8 Å². The fraction of sp³-hybridized carbons (Fsp3) is 0.387. The van der Waals surface area contributed by atoms with Gasteiger partial charge in [0.25, 0.3) is 5.91 Å². The molecule has 1 saturated heterocycles. The van der Waals surface area contributed by atoms with E-state index < -0.39 is 33.4 Å². The highest BCUT2D eigenvalue weighted by Gasteiger charge is 2.33. The molecular weight excluding hydrogens is 625 g/mol. The number of hydrogen-bond acceptors (Lipinski definition) is 9. The van der Waals surface area contributed by atoms with Crippen molar-refractivity contribution in [1.82, 2.24) is 14.9 Å². The number of alkyl halides is 3. The highest BCUT2D eigenvalue weighted by Crippen LogP contribution is 2.41. The number of benzene rings is 2. The van der Waals surface area contributed by atoms with Gasteiger partial charge in [-0.15, -0.1) is 0 Å². The summed E-state index contributed by atoms with van der Waals surface area (Å²) in [6.45, 7) is 10.7. The number of anilines is 3. The number of hydrogen-bond donors (Lipinski definition) is 2.